The summed E-state index contributed by atoms with van der Waals surface area (Å²) < 4.78 is 32.1. The Morgan fingerprint density at radius 2 is 1.72 bits per heavy atom. The molecule has 12 atom stereocenters. The van der Waals surface area contributed by atoms with Crippen LogP contribution in [0.1, 0.15) is 93.6 Å². The molecule has 0 radical (unpaired) electrons. The number of rotatable bonds is 8. The summed E-state index contributed by atoms with van der Waals surface area (Å²) in [6.07, 6.45) is -5.14. The van der Waals surface area contributed by atoms with Crippen LogP contribution in [0.15, 0.2) is 34.4 Å². The van der Waals surface area contributed by atoms with E-state index in [0.717, 1.165) is 5.56 Å². The molecule has 1 aromatic rings. The molecule has 3 fully saturated rings. The van der Waals surface area contributed by atoms with Gasteiger partial charge in [-0.1, -0.05) is 38.1 Å². The lowest BCUT2D eigenvalue weighted by Crippen LogP contribution is -2.59. The first-order valence-corrected chi connectivity index (χ1v) is 20.2. The van der Waals surface area contributed by atoms with Gasteiger partial charge in [-0.3, -0.25) is 19.2 Å². The molecule has 324 valence electrons. The quantitative estimate of drug-likeness (QED) is 0.194. The van der Waals surface area contributed by atoms with E-state index in [2.05, 4.69) is 15.5 Å². The van der Waals surface area contributed by atoms with Crippen molar-refractivity contribution in [3.05, 3.63) is 29.8 Å². The van der Waals surface area contributed by atoms with Gasteiger partial charge in [-0.2, -0.15) is 0 Å². The SMILES string of the molecule is CC[C@H]1OC(=O)[C@H](C)C(=O)[C@H](C)[C@@H](O[C@@H]2O[C@H](C)C[C@H](N(C)C)[C@H]2O)[C@@]2(C)C[C@@H](C)C(=NC(C)=O)C[C@@H](OC/C(=N/OCc3ccc(NC(C)=O)cc3)CO2)[C@]1(C)O. The van der Waals surface area contributed by atoms with Crippen LogP contribution in [-0.2, 0) is 54.3 Å². The fraction of sp³-hybridized carbons (Fsp3) is 0.714. The van der Waals surface area contributed by atoms with Gasteiger partial charge in [-0.25, -0.2) is 4.99 Å². The van der Waals surface area contributed by atoms with Crippen LogP contribution in [0, 0.1) is 17.8 Å². The van der Waals surface area contributed by atoms with Gasteiger partial charge in [0.05, 0.1) is 37.1 Å². The first-order chi connectivity index (χ1) is 27.2. The number of nitrogens with zero attached hydrogens (tertiary/aromatic N) is 3. The molecule has 2 amide bonds. The maximum atomic E-state index is 14.4. The summed E-state index contributed by atoms with van der Waals surface area (Å²) in [7, 11) is 3.71. The average Bonchev–Trinajstić information content (AvgIpc) is 3.17. The van der Waals surface area contributed by atoms with Crippen molar-refractivity contribution in [2.24, 2.45) is 27.9 Å². The first kappa shape index (κ1) is 47.0. The average molecular weight is 817 g/mol. The maximum Gasteiger partial charge on any atom is 0.316 e. The van der Waals surface area contributed by atoms with Gasteiger partial charge in [0, 0.05) is 43.6 Å². The lowest BCUT2D eigenvalue weighted by molar-refractivity contribution is -0.296. The van der Waals surface area contributed by atoms with Crippen molar-refractivity contribution in [2.75, 3.05) is 32.6 Å². The number of fused-ring (bicyclic) bond motifs is 5. The second-order valence-corrected chi connectivity index (χ2v) is 16.7. The predicted molar refractivity (Wildman–Crippen MR) is 215 cm³/mol. The molecule has 3 aliphatic rings. The topological polar surface area (TPSA) is 204 Å². The summed E-state index contributed by atoms with van der Waals surface area (Å²) >= 11 is 0. The zero-order valence-corrected chi connectivity index (χ0v) is 35.9. The number of ether oxygens (including phenoxy) is 5. The van der Waals surface area contributed by atoms with E-state index in [1.807, 2.05) is 32.8 Å². The van der Waals surface area contributed by atoms with E-state index in [-0.39, 0.29) is 62.8 Å². The van der Waals surface area contributed by atoms with Crippen molar-refractivity contribution in [1.29, 1.82) is 0 Å². The molecule has 16 nitrogen and oxygen atoms in total. The van der Waals surface area contributed by atoms with Crippen LogP contribution >= 0.6 is 0 Å². The predicted octanol–water partition coefficient (Wildman–Crippen LogP) is 3.83. The molecule has 0 aromatic heterocycles. The van der Waals surface area contributed by atoms with Crippen LogP contribution in [0.3, 0.4) is 0 Å². The second kappa shape index (κ2) is 20.1. The number of aliphatic imine (C=N–C) groups is 1. The number of aliphatic hydroxyl groups is 2. The molecular weight excluding hydrogens is 752 g/mol. The number of hydrogen-bond donors (Lipinski definition) is 3. The minimum Gasteiger partial charge on any atom is -0.459 e. The number of benzene rings is 1. The van der Waals surface area contributed by atoms with Gasteiger partial charge < -0.3 is 49.0 Å². The Bertz CT molecular complexity index is 1670. The van der Waals surface area contributed by atoms with Crippen LogP contribution in [0.25, 0.3) is 0 Å². The van der Waals surface area contributed by atoms with Crippen molar-refractivity contribution in [3.8, 4) is 0 Å². The van der Waals surface area contributed by atoms with Crippen LogP contribution in [0.5, 0.6) is 0 Å². The normalized spacial score (nSPS) is 37.1. The minimum atomic E-state index is -1.83. The molecule has 1 aromatic carbocycles. The van der Waals surface area contributed by atoms with Gasteiger partial charge in [0.2, 0.25) is 11.8 Å². The van der Waals surface area contributed by atoms with Gasteiger partial charge in [0.15, 0.2) is 12.1 Å². The third-order valence-corrected chi connectivity index (χ3v) is 11.5. The van der Waals surface area contributed by atoms with Crippen LogP contribution in [-0.4, -0.2) is 131 Å². The van der Waals surface area contributed by atoms with E-state index < -0.39 is 77.3 Å². The van der Waals surface area contributed by atoms with Crippen LogP contribution in [0.2, 0.25) is 0 Å². The summed E-state index contributed by atoms with van der Waals surface area (Å²) in [6, 6.07) is 6.74. The molecule has 0 unspecified atom stereocenters. The summed E-state index contributed by atoms with van der Waals surface area (Å²) in [6.45, 7) is 14.3. The van der Waals surface area contributed by atoms with Gasteiger partial charge in [0.1, 0.15) is 36.0 Å². The van der Waals surface area contributed by atoms with Crippen molar-refractivity contribution in [1.82, 2.24) is 4.90 Å². The highest BCUT2D eigenvalue weighted by Gasteiger charge is 2.51. The molecule has 4 rings (SSSR count). The highest BCUT2D eigenvalue weighted by Crippen LogP contribution is 2.39. The zero-order chi connectivity index (χ0) is 43.1. The summed E-state index contributed by atoms with van der Waals surface area (Å²) in [5, 5.41) is 31.0. The number of cyclic esters (lactones) is 1. The highest BCUT2D eigenvalue weighted by molar-refractivity contribution is 6.00. The standard InChI is InChI=1S/C42H64N4O12/c1-12-34-42(9,52)35-18-32(44-28(7)48)23(2)19-41(8,54-22-31(21-53-35)45-55-20-29-13-15-30(16-14-29)43-27(6)47)38(25(4)36(49)26(5)39(51)57-34)58-40-37(50)33(46(10)11)17-24(3)56-40/h13-16,23-26,33-35,37-38,40,50,52H,12,17-22H2,1-11H3,(H,43,47)/b44-32?,45-31-/t23-,24-,25+,26-,33+,34-,35-,37-,38-,40+,41-,42-/m1/s1. The molecule has 58 heavy (non-hydrogen) atoms. The number of aliphatic hydroxyl groups excluding tert-OH is 1. The van der Waals surface area contributed by atoms with Crippen LogP contribution < -0.4 is 5.32 Å². The second-order valence-electron chi connectivity index (χ2n) is 16.7. The molecule has 2 bridgehead atoms. The Kier molecular flexibility index (Phi) is 16.3. The Morgan fingerprint density at radius 3 is 2.33 bits per heavy atom. The molecule has 3 aliphatic heterocycles. The lowest BCUT2D eigenvalue weighted by Gasteiger charge is -2.47. The van der Waals surface area contributed by atoms with E-state index in [1.165, 1.54) is 27.7 Å². The van der Waals surface area contributed by atoms with Gasteiger partial charge >= 0.3 is 5.97 Å². The molecule has 0 spiro atoms. The molecule has 0 aliphatic carbocycles. The summed E-state index contributed by atoms with van der Waals surface area (Å²) in [5.74, 6) is -4.81. The van der Waals surface area contributed by atoms with Crippen molar-refractivity contribution < 1.29 is 57.9 Å². The number of oxime groups is 1. The number of ketones is 1. The monoisotopic (exact) mass is 816 g/mol. The Morgan fingerprint density at radius 1 is 1.05 bits per heavy atom. The third kappa shape index (κ3) is 11.8. The number of nitrogens with one attached hydrogen (secondary N) is 1. The molecular formula is C42H64N4O12. The number of Topliss-reactive ketones (excluding diaryl/α,β-unsaturated/α-hetero) is 1. The fourth-order valence-electron chi connectivity index (χ4n) is 8.11. The number of esters is 1. The smallest absolute Gasteiger partial charge is 0.316 e. The van der Waals surface area contributed by atoms with E-state index in [0.29, 0.717) is 17.8 Å². The fourth-order valence-corrected chi connectivity index (χ4v) is 8.11. The first-order valence-electron chi connectivity index (χ1n) is 20.2. The molecule has 3 heterocycles. The number of amides is 2. The van der Waals surface area contributed by atoms with Crippen molar-refractivity contribution >= 4 is 40.7 Å². The Balaban J connectivity index is 1.87. The highest BCUT2D eigenvalue weighted by atomic mass is 16.7. The molecule has 16 heteroatoms. The number of likely N-dealkylation sites (N-methyl/N-ethyl adjacent to an activating group) is 1. The number of anilines is 1. The lowest BCUT2D eigenvalue weighted by atomic mass is 9.76. The number of carbonyl (C=O) groups is 4. The largest absolute Gasteiger partial charge is 0.459 e. The third-order valence-electron chi connectivity index (χ3n) is 11.5. The van der Waals surface area contributed by atoms with E-state index in [1.54, 1.807) is 45.0 Å². The molecule has 0 saturated carbocycles. The van der Waals surface area contributed by atoms with E-state index in [4.69, 9.17) is 28.5 Å². The van der Waals surface area contributed by atoms with E-state index in [9.17, 15) is 29.4 Å². The van der Waals surface area contributed by atoms with Crippen molar-refractivity contribution in [3.63, 3.8) is 0 Å². The molecule has 3 N–H and O–H groups in total. The molecule has 3 saturated heterocycles. The van der Waals surface area contributed by atoms with E-state index >= 15 is 0 Å². The van der Waals surface area contributed by atoms with Gasteiger partial charge in [0.25, 0.3) is 0 Å². The van der Waals surface area contributed by atoms with Crippen LogP contribution in [0.4, 0.5) is 5.69 Å². The minimum absolute atomic E-state index is 0.0330. The van der Waals surface area contributed by atoms with Gasteiger partial charge in [-0.05, 0) is 84.7 Å². The summed E-state index contributed by atoms with van der Waals surface area (Å²) in [4.78, 5) is 64.5. The Labute approximate surface area is 342 Å². The van der Waals surface area contributed by atoms with Gasteiger partial charge in [-0.15, -0.1) is 0 Å². The van der Waals surface area contributed by atoms with Crippen molar-refractivity contribution in [2.45, 2.75) is 149 Å². The summed E-state index contributed by atoms with van der Waals surface area (Å²) in [5.41, 5.74) is -1.16. The zero-order valence-electron chi connectivity index (χ0n) is 35.9. The number of hydrogen-bond acceptors (Lipinski definition) is 14. The maximum absolute atomic E-state index is 14.4. The Hall–Kier alpha value is -3.64. The number of carbonyl (C=O) groups excluding carboxylic acids is 4.